The fourth-order valence-corrected chi connectivity index (χ4v) is 5.68. The van der Waals surface area contributed by atoms with Crippen molar-refractivity contribution in [3.63, 3.8) is 0 Å². The first kappa shape index (κ1) is 19.4. The molecule has 0 spiro atoms. The molecule has 1 N–H and O–H groups in total. The van der Waals surface area contributed by atoms with Gasteiger partial charge in [-0.25, -0.2) is 8.42 Å². The van der Waals surface area contributed by atoms with Crippen LogP contribution in [0.5, 0.6) is 0 Å². The lowest BCUT2D eigenvalue weighted by Gasteiger charge is -2.29. The summed E-state index contributed by atoms with van der Waals surface area (Å²) in [5.74, 6) is -0.476. The van der Waals surface area contributed by atoms with Crippen LogP contribution in [0.2, 0.25) is 0 Å². The third-order valence-corrected chi connectivity index (χ3v) is 7.53. The fourth-order valence-electron chi connectivity index (χ4n) is 3.19. The van der Waals surface area contributed by atoms with Crippen LogP contribution in [0, 0.1) is 13.8 Å². The predicted molar refractivity (Wildman–Crippen MR) is 118 cm³/mol. The van der Waals surface area contributed by atoms with Gasteiger partial charge in [-0.15, -0.1) is 11.3 Å². The highest BCUT2D eigenvalue weighted by Crippen LogP contribution is 2.39. The maximum Gasteiger partial charge on any atom is 0.270 e. The summed E-state index contributed by atoms with van der Waals surface area (Å²) >= 11 is 1.26. The van der Waals surface area contributed by atoms with Gasteiger partial charge in [0.15, 0.2) is 4.91 Å². The first-order chi connectivity index (χ1) is 13.9. The number of sulfonamides is 1. The second-order valence-corrected chi connectivity index (χ2v) is 9.68. The molecule has 0 atom stereocenters. The van der Waals surface area contributed by atoms with E-state index in [0.29, 0.717) is 10.6 Å². The van der Waals surface area contributed by atoms with Gasteiger partial charge in [0.1, 0.15) is 4.88 Å². The van der Waals surface area contributed by atoms with Crippen molar-refractivity contribution in [2.75, 3.05) is 9.62 Å². The summed E-state index contributed by atoms with van der Waals surface area (Å²) in [6.07, 6.45) is 1.31. The zero-order chi connectivity index (χ0) is 20.6. The van der Waals surface area contributed by atoms with Crippen molar-refractivity contribution in [3.8, 4) is 0 Å². The molecular formula is C22H20N2O3S2. The second-order valence-electron chi connectivity index (χ2n) is 6.93. The van der Waals surface area contributed by atoms with Crippen LogP contribution in [0.4, 0.5) is 11.4 Å². The smallest absolute Gasteiger partial charge is 0.270 e. The number of carbonyl (C=O) groups is 1. The minimum absolute atomic E-state index is 0.168. The van der Waals surface area contributed by atoms with Gasteiger partial charge in [0, 0.05) is 11.9 Å². The van der Waals surface area contributed by atoms with E-state index in [2.05, 4.69) is 5.32 Å². The van der Waals surface area contributed by atoms with Crippen molar-refractivity contribution in [1.82, 2.24) is 0 Å². The van der Waals surface area contributed by atoms with E-state index in [4.69, 9.17) is 0 Å². The molecule has 0 amide bonds. The zero-order valence-corrected chi connectivity index (χ0v) is 17.7. The Bertz CT molecular complexity index is 1210. The third-order valence-electron chi connectivity index (χ3n) is 4.86. The molecule has 0 bridgehead atoms. The summed E-state index contributed by atoms with van der Waals surface area (Å²) in [5, 5.41) is 4.75. The molecule has 1 aromatic heterocycles. The molecule has 4 rings (SSSR count). The maximum atomic E-state index is 13.4. The first-order valence-corrected chi connectivity index (χ1v) is 11.4. The molecule has 1 aliphatic heterocycles. The van der Waals surface area contributed by atoms with Crippen LogP contribution in [0.15, 0.2) is 71.1 Å². The highest BCUT2D eigenvalue weighted by Gasteiger charge is 2.41. The molecule has 1 aliphatic rings. The van der Waals surface area contributed by atoms with Gasteiger partial charge in [0.25, 0.3) is 10.0 Å². The minimum Gasteiger partial charge on any atom is -0.360 e. The molecule has 5 nitrogen and oxygen atoms in total. The average Bonchev–Trinajstić information content (AvgIpc) is 3.17. The number of anilines is 2. The van der Waals surface area contributed by atoms with Crippen molar-refractivity contribution < 1.29 is 13.2 Å². The van der Waals surface area contributed by atoms with Crippen LogP contribution >= 0.6 is 11.3 Å². The number of nitrogens with zero attached hydrogens (tertiary/aromatic N) is 1. The molecule has 0 radical (unpaired) electrons. The average molecular weight is 425 g/mol. The van der Waals surface area contributed by atoms with Crippen molar-refractivity contribution in [1.29, 1.82) is 0 Å². The molecule has 7 heteroatoms. The number of hydrogen-bond acceptors (Lipinski definition) is 5. The van der Waals surface area contributed by atoms with Crippen LogP contribution in [0.25, 0.3) is 0 Å². The highest BCUT2D eigenvalue weighted by atomic mass is 32.2. The van der Waals surface area contributed by atoms with E-state index < -0.39 is 15.8 Å². The van der Waals surface area contributed by atoms with Gasteiger partial charge in [-0.1, -0.05) is 48.0 Å². The van der Waals surface area contributed by atoms with Gasteiger partial charge in [-0.05, 0) is 42.5 Å². The van der Waals surface area contributed by atoms with Crippen molar-refractivity contribution >= 4 is 38.5 Å². The Balaban J connectivity index is 1.75. The lowest BCUT2D eigenvalue weighted by molar-refractivity contribution is 0.104. The third kappa shape index (κ3) is 3.59. The number of thiophene rings is 1. The van der Waals surface area contributed by atoms with Crippen LogP contribution in [-0.4, -0.2) is 14.2 Å². The van der Waals surface area contributed by atoms with Gasteiger partial charge in [0.05, 0.1) is 12.2 Å². The number of para-hydroxylation sites is 1. The molecule has 0 fully saturated rings. The fraction of sp³-hybridized carbons (Fsp3) is 0.136. The number of fused-ring (bicyclic) bond motifs is 1. The van der Waals surface area contributed by atoms with Gasteiger partial charge in [-0.3, -0.25) is 9.10 Å². The Hall–Kier alpha value is -2.90. The van der Waals surface area contributed by atoms with Gasteiger partial charge < -0.3 is 5.32 Å². The van der Waals surface area contributed by atoms with Crippen molar-refractivity contribution in [2.45, 2.75) is 20.4 Å². The van der Waals surface area contributed by atoms with E-state index in [1.807, 2.05) is 62.4 Å². The molecule has 2 aromatic carbocycles. The molecule has 148 valence electrons. The summed E-state index contributed by atoms with van der Waals surface area (Å²) in [4.78, 5) is 13.1. The second kappa shape index (κ2) is 7.50. The van der Waals surface area contributed by atoms with Crippen molar-refractivity contribution in [3.05, 3.63) is 92.6 Å². The Kier molecular flexibility index (Phi) is 5.02. The van der Waals surface area contributed by atoms with E-state index in [1.54, 1.807) is 11.4 Å². The number of nitrogens with one attached hydrogen (secondary N) is 1. The summed E-state index contributed by atoms with van der Waals surface area (Å²) < 4.78 is 28.0. The number of allylic oxidation sites excluding steroid dienone is 1. The topological polar surface area (TPSA) is 66.5 Å². The standard InChI is InChI=1S/C22H20N2O3S2/c1-15-7-9-17(10-8-15)14-24-19-11-12-28-22(19)21(25)20(29(24,26)27)13-23-18-6-4-3-5-16(18)2/h3-13,23H,14H2,1-2H3/b20-13-. The highest BCUT2D eigenvalue weighted by molar-refractivity contribution is 7.97. The number of benzene rings is 2. The van der Waals surface area contributed by atoms with E-state index >= 15 is 0 Å². The summed E-state index contributed by atoms with van der Waals surface area (Å²) in [6, 6.07) is 16.9. The number of hydrogen-bond donors (Lipinski definition) is 1. The van der Waals surface area contributed by atoms with E-state index in [9.17, 15) is 13.2 Å². The molecule has 0 unspecified atom stereocenters. The lowest BCUT2D eigenvalue weighted by atomic mass is 10.1. The van der Waals surface area contributed by atoms with Gasteiger partial charge >= 0.3 is 0 Å². The van der Waals surface area contributed by atoms with Crippen molar-refractivity contribution in [2.24, 2.45) is 0 Å². The molecule has 0 aliphatic carbocycles. The van der Waals surface area contributed by atoms with E-state index in [0.717, 1.165) is 22.4 Å². The number of rotatable bonds is 4. The Labute approximate surface area is 174 Å². The molecule has 0 saturated carbocycles. The van der Waals surface area contributed by atoms with E-state index in [-0.39, 0.29) is 11.4 Å². The van der Waals surface area contributed by atoms with Crippen LogP contribution in [0.1, 0.15) is 26.4 Å². The summed E-state index contributed by atoms with van der Waals surface area (Å²) in [7, 11) is -4.00. The number of aryl methyl sites for hydroxylation is 2. The number of Topliss-reactive ketones (excluding diaryl/α,β-unsaturated/α-hetero) is 1. The Morgan fingerprint density at radius 3 is 2.48 bits per heavy atom. The van der Waals surface area contributed by atoms with Gasteiger partial charge in [0.2, 0.25) is 5.78 Å². The Morgan fingerprint density at radius 2 is 1.76 bits per heavy atom. The number of carbonyl (C=O) groups excluding carboxylic acids is 1. The van der Waals surface area contributed by atoms with Crippen LogP contribution in [-0.2, 0) is 16.6 Å². The maximum absolute atomic E-state index is 13.4. The molecule has 2 heterocycles. The molecule has 29 heavy (non-hydrogen) atoms. The minimum atomic E-state index is -4.00. The van der Waals surface area contributed by atoms with E-state index in [1.165, 1.54) is 21.8 Å². The lowest BCUT2D eigenvalue weighted by Crippen LogP contribution is -2.38. The van der Waals surface area contributed by atoms with Gasteiger partial charge in [-0.2, -0.15) is 0 Å². The SMILES string of the molecule is Cc1ccc(CN2c3ccsc3C(=O)/C(=C/Nc3ccccc3C)S2(=O)=O)cc1. The summed E-state index contributed by atoms with van der Waals surface area (Å²) in [6.45, 7) is 4.07. The Morgan fingerprint density at radius 1 is 1.03 bits per heavy atom. The monoisotopic (exact) mass is 424 g/mol. The molecular weight excluding hydrogens is 404 g/mol. The normalized spacial score (nSPS) is 16.7. The molecule has 3 aromatic rings. The molecule has 0 saturated heterocycles. The largest absolute Gasteiger partial charge is 0.360 e. The zero-order valence-electron chi connectivity index (χ0n) is 16.0. The summed E-state index contributed by atoms with van der Waals surface area (Å²) in [5.41, 5.74) is 4.11. The predicted octanol–water partition coefficient (Wildman–Crippen LogP) is 4.85. The quantitative estimate of drug-likeness (QED) is 0.608. The first-order valence-electron chi connectivity index (χ1n) is 9.11. The van der Waals surface area contributed by atoms with Crippen LogP contribution < -0.4 is 9.62 Å². The number of ketones is 1. The van der Waals surface area contributed by atoms with Crippen LogP contribution in [0.3, 0.4) is 0 Å².